The van der Waals surface area contributed by atoms with Crippen LogP contribution >= 0.6 is 0 Å². The van der Waals surface area contributed by atoms with Gasteiger partial charge in [0.25, 0.3) is 0 Å². The van der Waals surface area contributed by atoms with Crippen molar-refractivity contribution >= 4 is 0 Å². The van der Waals surface area contributed by atoms with Crippen molar-refractivity contribution in [1.82, 2.24) is 0 Å². The molecule has 0 spiro atoms. The molecule has 0 N–H and O–H groups in total. The van der Waals surface area contributed by atoms with Crippen LogP contribution in [-0.4, -0.2) is 0 Å². The molecule has 26 heavy (non-hydrogen) atoms. The molecule has 4 rings (SSSR count). The summed E-state index contributed by atoms with van der Waals surface area (Å²) in [5.41, 5.74) is 5.88. The van der Waals surface area contributed by atoms with Crippen molar-refractivity contribution in [3.8, 4) is 0 Å². The summed E-state index contributed by atoms with van der Waals surface area (Å²) in [5.74, 6) is 6.64. The first kappa shape index (κ1) is 18.3. The minimum absolute atomic E-state index is 0.343. The van der Waals surface area contributed by atoms with Crippen molar-refractivity contribution in [2.24, 2.45) is 64.6 Å². The van der Waals surface area contributed by atoms with Gasteiger partial charge in [-0.1, -0.05) is 67.9 Å². The molecule has 0 aliphatic heterocycles. The first-order valence-corrected chi connectivity index (χ1v) is 10.7. The predicted octanol–water partition coefficient (Wildman–Crippen LogP) is 6.92. The van der Waals surface area contributed by atoms with Gasteiger partial charge in [-0.25, -0.2) is 0 Å². The van der Waals surface area contributed by atoms with Gasteiger partial charge in [-0.05, 0) is 93.3 Å². The van der Waals surface area contributed by atoms with Gasteiger partial charge in [-0.3, -0.25) is 0 Å². The molecule has 4 fully saturated rings. The highest BCUT2D eigenvalue weighted by atomic mass is 14.7. The fraction of sp³-hybridized carbons (Fsp3) is 0.692. The van der Waals surface area contributed by atoms with Gasteiger partial charge in [0.2, 0.25) is 0 Å². The van der Waals surface area contributed by atoms with Crippen LogP contribution in [-0.2, 0) is 0 Å². The van der Waals surface area contributed by atoms with Crippen LogP contribution < -0.4 is 0 Å². The van der Waals surface area contributed by atoms with Crippen LogP contribution in [0.2, 0.25) is 0 Å². The Labute approximate surface area is 161 Å². The SMILES string of the molecule is C=C1C(=C)C2C(C)C(CC(C)(C)C)C3C(=C)C(=C)C4C(C)C(C)C1C2C43. The Balaban J connectivity index is 1.88. The van der Waals surface area contributed by atoms with E-state index in [2.05, 4.69) is 67.9 Å². The molecule has 0 amide bonds. The van der Waals surface area contributed by atoms with Gasteiger partial charge >= 0.3 is 0 Å². The Bertz CT molecular complexity index is 696. The summed E-state index contributed by atoms with van der Waals surface area (Å²) in [6, 6.07) is 0. The van der Waals surface area contributed by atoms with Gasteiger partial charge in [0.15, 0.2) is 0 Å². The molecule has 0 heteroatoms. The van der Waals surface area contributed by atoms with Crippen molar-refractivity contribution in [3.63, 3.8) is 0 Å². The van der Waals surface area contributed by atoms with Crippen molar-refractivity contribution in [2.45, 2.75) is 48.0 Å². The average Bonchev–Trinajstić information content (AvgIpc) is 2.94. The number of hydrogen-bond acceptors (Lipinski definition) is 0. The van der Waals surface area contributed by atoms with Crippen LogP contribution in [0.3, 0.4) is 0 Å². The minimum Gasteiger partial charge on any atom is -0.0953 e. The molecular weight excluding hydrogens is 312 g/mol. The van der Waals surface area contributed by atoms with Crippen LogP contribution in [0.15, 0.2) is 48.6 Å². The van der Waals surface area contributed by atoms with Crippen LogP contribution in [0.5, 0.6) is 0 Å². The normalized spacial score (nSPS) is 50.4. The molecule has 0 radical (unpaired) electrons. The standard InChI is InChI=1S/C26H38/c1-12-13(2)21-16(5)17(6)23-19(11-26(8,9)10)18(7)22-15(4)14(3)20(12)24(22)25(21)23/h12-13,18-25H,3-6,11H2,1-2,7-10H3. The summed E-state index contributed by atoms with van der Waals surface area (Å²) in [6.45, 7) is 33.0. The van der Waals surface area contributed by atoms with Gasteiger partial charge in [-0.2, -0.15) is 0 Å². The van der Waals surface area contributed by atoms with E-state index in [1.807, 2.05) is 0 Å². The Hall–Kier alpha value is -1.04. The van der Waals surface area contributed by atoms with E-state index in [0.717, 1.165) is 11.8 Å². The summed E-state index contributed by atoms with van der Waals surface area (Å²) < 4.78 is 0. The monoisotopic (exact) mass is 350 g/mol. The van der Waals surface area contributed by atoms with Crippen LogP contribution in [0.1, 0.15) is 48.0 Å². The molecular formula is C26H38. The lowest BCUT2D eigenvalue weighted by molar-refractivity contribution is -0.0642. The quantitative estimate of drug-likeness (QED) is 0.481. The number of allylic oxidation sites excluding steroid dienone is 4. The van der Waals surface area contributed by atoms with E-state index in [1.165, 1.54) is 28.7 Å². The molecule has 4 saturated carbocycles. The lowest BCUT2D eigenvalue weighted by atomic mass is 9.48. The number of rotatable bonds is 1. The Morgan fingerprint density at radius 1 is 0.615 bits per heavy atom. The van der Waals surface area contributed by atoms with Gasteiger partial charge in [0, 0.05) is 0 Å². The summed E-state index contributed by atoms with van der Waals surface area (Å²) in [6.07, 6.45) is 1.27. The van der Waals surface area contributed by atoms with E-state index in [4.69, 9.17) is 0 Å². The molecule has 0 saturated heterocycles. The molecule has 0 aromatic heterocycles. The second kappa shape index (κ2) is 5.49. The minimum atomic E-state index is 0.343. The van der Waals surface area contributed by atoms with E-state index >= 15 is 0 Å². The zero-order valence-corrected chi connectivity index (χ0v) is 17.8. The molecule has 10 atom stereocenters. The van der Waals surface area contributed by atoms with Crippen molar-refractivity contribution < 1.29 is 0 Å². The second-order valence-corrected chi connectivity index (χ2v) is 11.4. The maximum absolute atomic E-state index is 4.62. The fourth-order valence-corrected chi connectivity index (χ4v) is 8.00. The van der Waals surface area contributed by atoms with E-state index in [1.54, 1.807) is 0 Å². The first-order valence-electron chi connectivity index (χ1n) is 10.7. The first-order chi connectivity index (χ1) is 12.0. The van der Waals surface area contributed by atoms with E-state index in [-0.39, 0.29) is 0 Å². The average molecular weight is 351 g/mol. The molecule has 0 aromatic carbocycles. The van der Waals surface area contributed by atoms with Crippen molar-refractivity contribution in [3.05, 3.63) is 48.6 Å². The Morgan fingerprint density at radius 3 is 1.38 bits per heavy atom. The molecule has 0 heterocycles. The molecule has 142 valence electrons. The maximum Gasteiger partial charge on any atom is -0.00965 e. The molecule has 0 aromatic rings. The fourth-order valence-electron chi connectivity index (χ4n) is 8.00. The highest BCUT2D eigenvalue weighted by molar-refractivity contribution is 5.48. The Kier molecular flexibility index (Phi) is 3.87. The zero-order chi connectivity index (χ0) is 19.3. The zero-order valence-electron chi connectivity index (χ0n) is 17.8. The highest BCUT2D eigenvalue weighted by Crippen LogP contribution is 2.72. The van der Waals surface area contributed by atoms with Crippen LogP contribution in [0.4, 0.5) is 0 Å². The number of hydrogen-bond donors (Lipinski definition) is 0. The molecule has 0 bridgehead atoms. The Morgan fingerprint density at radius 2 is 0.962 bits per heavy atom. The summed E-state index contributed by atoms with van der Waals surface area (Å²) in [4.78, 5) is 0. The maximum atomic E-state index is 4.62. The lowest BCUT2D eigenvalue weighted by Crippen LogP contribution is -2.51. The predicted molar refractivity (Wildman–Crippen MR) is 113 cm³/mol. The highest BCUT2D eigenvalue weighted by Gasteiger charge is 2.66. The third-order valence-corrected chi connectivity index (χ3v) is 9.05. The third kappa shape index (κ3) is 2.14. The van der Waals surface area contributed by atoms with E-state index in [9.17, 15) is 0 Å². The lowest BCUT2D eigenvalue weighted by Gasteiger charge is -2.55. The molecule has 10 unspecified atom stereocenters. The van der Waals surface area contributed by atoms with Crippen LogP contribution in [0, 0.1) is 64.6 Å². The van der Waals surface area contributed by atoms with E-state index in [0.29, 0.717) is 52.8 Å². The molecule has 4 aliphatic rings. The van der Waals surface area contributed by atoms with Gasteiger partial charge < -0.3 is 0 Å². The van der Waals surface area contributed by atoms with E-state index < -0.39 is 0 Å². The second-order valence-electron chi connectivity index (χ2n) is 11.4. The topological polar surface area (TPSA) is 0 Å². The van der Waals surface area contributed by atoms with Gasteiger partial charge in [0.05, 0.1) is 0 Å². The van der Waals surface area contributed by atoms with Crippen molar-refractivity contribution in [2.75, 3.05) is 0 Å². The third-order valence-electron chi connectivity index (χ3n) is 9.05. The smallest absolute Gasteiger partial charge is 0.00965 e. The molecule has 4 aliphatic carbocycles. The van der Waals surface area contributed by atoms with Crippen molar-refractivity contribution in [1.29, 1.82) is 0 Å². The molecule has 0 nitrogen and oxygen atoms in total. The summed E-state index contributed by atoms with van der Waals surface area (Å²) in [7, 11) is 0. The van der Waals surface area contributed by atoms with Gasteiger partial charge in [-0.15, -0.1) is 0 Å². The largest absolute Gasteiger partial charge is 0.0953 e. The van der Waals surface area contributed by atoms with Gasteiger partial charge in [0.1, 0.15) is 0 Å². The van der Waals surface area contributed by atoms with Crippen LogP contribution in [0.25, 0.3) is 0 Å². The summed E-state index contributed by atoms with van der Waals surface area (Å²) >= 11 is 0. The summed E-state index contributed by atoms with van der Waals surface area (Å²) in [5, 5.41) is 0.